The number of hydrogen-bond donors (Lipinski definition) is 1. The average molecular weight is 319 g/mol. The molecule has 0 radical (unpaired) electrons. The predicted octanol–water partition coefficient (Wildman–Crippen LogP) is 0.000100. The number of carbonyl (C=O) groups is 3. The van der Waals surface area contributed by atoms with E-state index in [1.165, 1.54) is 16.7 Å². The first kappa shape index (κ1) is 16.8. The molecule has 7 nitrogen and oxygen atoms in total. The summed E-state index contributed by atoms with van der Waals surface area (Å²) in [7, 11) is 0. The van der Waals surface area contributed by atoms with E-state index in [1.807, 2.05) is 30.3 Å². The van der Waals surface area contributed by atoms with Crippen molar-refractivity contribution in [1.29, 1.82) is 0 Å². The molecular formula is C16H21N3O4. The Bertz CT molecular complexity index is 576. The Balaban J connectivity index is 1.89. The summed E-state index contributed by atoms with van der Waals surface area (Å²) in [6, 6.07) is 8.41. The fourth-order valence-corrected chi connectivity index (χ4v) is 2.53. The summed E-state index contributed by atoms with van der Waals surface area (Å²) in [6.45, 7) is 2.52. The monoisotopic (exact) mass is 319 g/mol. The van der Waals surface area contributed by atoms with Gasteiger partial charge in [0.2, 0.25) is 17.7 Å². The van der Waals surface area contributed by atoms with Gasteiger partial charge in [-0.1, -0.05) is 18.2 Å². The summed E-state index contributed by atoms with van der Waals surface area (Å²) in [6.07, 6.45) is 0.152. The van der Waals surface area contributed by atoms with E-state index in [1.54, 1.807) is 0 Å². The van der Waals surface area contributed by atoms with Crippen LogP contribution in [0, 0.1) is 0 Å². The highest BCUT2D eigenvalue weighted by Gasteiger charge is 2.34. The molecule has 1 aromatic rings. The summed E-state index contributed by atoms with van der Waals surface area (Å²) in [5.41, 5.74) is 5.38. The van der Waals surface area contributed by atoms with Gasteiger partial charge in [-0.25, -0.2) is 0 Å². The lowest BCUT2D eigenvalue weighted by Crippen LogP contribution is -2.60. The maximum atomic E-state index is 12.3. The molecule has 124 valence electrons. The molecule has 2 N–H and O–H groups in total. The van der Waals surface area contributed by atoms with Crippen LogP contribution < -0.4 is 10.5 Å². The highest BCUT2D eigenvalue weighted by atomic mass is 16.5. The van der Waals surface area contributed by atoms with E-state index >= 15 is 0 Å². The zero-order valence-electron chi connectivity index (χ0n) is 13.1. The van der Waals surface area contributed by atoms with Crippen molar-refractivity contribution in [3.05, 3.63) is 30.3 Å². The van der Waals surface area contributed by atoms with Crippen LogP contribution in [0.2, 0.25) is 0 Å². The summed E-state index contributed by atoms with van der Waals surface area (Å²) >= 11 is 0. The quantitative estimate of drug-likeness (QED) is 0.827. The Labute approximate surface area is 135 Å². The van der Waals surface area contributed by atoms with Crippen molar-refractivity contribution < 1.29 is 19.1 Å². The molecule has 1 fully saturated rings. The Morgan fingerprint density at radius 2 is 1.91 bits per heavy atom. The van der Waals surface area contributed by atoms with E-state index in [-0.39, 0.29) is 31.4 Å². The van der Waals surface area contributed by atoms with Crippen LogP contribution in [0.4, 0.5) is 0 Å². The minimum Gasteiger partial charge on any atom is -0.493 e. The van der Waals surface area contributed by atoms with Crippen LogP contribution in [0.5, 0.6) is 5.75 Å². The smallest absolute Gasteiger partial charge is 0.242 e. The minimum absolute atomic E-state index is 0.129. The third-order valence-corrected chi connectivity index (χ3v) is 3.80. The summed E-state index contributed by atoms with van der Waals surface area (Å²) < 4.78 is 5.49. The van der Waals surface area contributed by atoms with Gasteiger partial charge in [0.15, 0.2) is 0 Å². The molecule has 0 spiro atoms. The number of hydrogen-bond acceptors (Lipinski definition) is 4. The van der Waals surface area contributed by atoms with Crippen molar-refractivity contribution >= 4 is 17.7 Å². The van der Waals surface area contributed by atoms with Gasteiger partial charge in [0.25, 0.3) is 0 Å². The molecule has 0 saturated carbocycles. The van der Waals surface area contributed by atoms with Gasteiger partial charge in [-0.2, -0.15) is 0 Å². The van der Waals surface area contributed by atoms with Crippen molar-refractivity contribution in [3.8, 4) is 5.75 Å². The summed E-state index contributed by atoms with van der Waals surface area (Å²) in [5, 5.41) is 0. The lowest BCUT2D eigenvalue weighted by atomic mass is 10.1. The Morgan fingerprint density at radius 3 is 2.52 bits per heavy atom. The van der Waals surface area contributed by atoms with E-state index in [4.69, 9.17) is 10.5 Å². The number of piperazine rings is 1. The topological polar surface area (TPSA) is 92.9 Å². The first-order valence-electron chi connectivity index (χ1n) is 7.51. The van der Waals surface area contributed by atoms with Gasteiger partial charge in [0, 0.05) is 20.0 Å². The minimum atomic E-state index is -0.781. The zero-order valence-corrected chi connectivity index (χ0v) is 13.1. The number of rotatable bonds is 5. The van der Waals surface area contributed by atoms with Crippen LogP contribution in [-0.2, 0) is 14.4 Å². The predicted molar refractivity (Wildman–Crippen MR) is 83.5 cm³/mol. The standard InChI is InChI=1S/C16H21N3O4/c1-12(20)18-8-9-19(14(11-18)16(17)22)15(21)7-10-23-13-5-3-2-4-6-13/h2-6,14H,7-11H2,1H3,(H2,17,22)/t14-/m0/s1. The van der Waals surface area contributed by atoms with Crippen molar-refractivity contribution in [1.82, 2.24) is 9.80 Å². The van der Waals surface area contributed by atoms with Crippen LogP contribution in [0.15, 0.2) is 30.3 Å². The third kappa shape index (κ3) is 4.45. The largest absolute Gasteiger partial charge is 0.493 e. The van der Waals surface area contributed by atoms with Crippen molar-refractivity contribution in [2.45, 2.75) is 19.4 Å². The molecule has 1 heterocycles. The number of nitrogens with zero attached hydrogens (tertiary/aromatic N) is 2. The van der Waals surface area contributed by atoms with E-state index in [9.17, 15) is 14.4 Å². The number of benzene rings is 1. The van der Waals surface area contributed by atoms with Gasteiger partial charge in [-0.3, -0.25) is 14.4 Å². The normalized spacial score (nSPS) is 17.7. The number of para-hydroxylation sites is 1. The second kappa shape index (κ2) is 7.62. The molecule has 1 saturated heterocycles. The number of amides is 3. The molecule has 1 aliphatic rings. The lowest BCUT2D eigenvalue weighted by molar-refractivity contribution is -0.147. The molecule has 23 heavy (non-hydrogen) atoms. The Hall–Kier alpha value is -2.57. The molecule has 0 bridgehead atoms. The van der Waals surface area contributed by atoms with Gasteiger partial charge in [0.1, 0.15) is 11.8 Å². The van der Waals surface area contributed by atoms with E-state index in [0.717, 1.165) is 0 Å². The number of primary amides is 1. The zero-order chi connectivity index (χ0) is 16.8. The van der Waals surface area contributed by atoms with E-state index in [2.05, 4.69) is 0 Å². The molecular weight excluding hydrogens is 298 g/mol. The highest BCUT2D eigenvalue weighted by molar-refractivity contribution is 5.88. The fourth-order valence-electron chi connectivity index (χ4n) is 2.53. The molecule has 7 heteroatoms. The summed E-state index contributed by atoms with van der Waals surface area (Å²) in [4.78, 5) is 38.3. The molecule has 1 aromatic carbocycles. The third-order valence-electron chi connectivity index (χ3n) is 3.80. The van der Waals surface area contributed by atoms with Gasteiger partial charge in [-0.15, -0.1) is 0 Å². The van der Waals surface area contributed by atoms with Crippen molar-refractivity contribution in [2.24, 2.45) is 5.73 Å². The molecule has 2 rings (SSSR count). The number of carbonyl (C=O) groups excluding carboxylic acids is 3. The van der Waals surface area contributed by atoms with Crippen molar-refractivity contribution in [2.75, 3.05) is 26.2 Å². The first-order valence-corrected chi connectivity index (χ1v) is 7.51. The van der Waals surface area contributed by atoms with Crippen LogP contribution in [0.3, 0.4) is 0 Å². The maximum Gasteiger partial charge on any atom is 0.242 e. The maximum absolute atomic E-state index is 12.3. The first-order chi connectivity index (χ1) is 11.0. The second-order valence-electron chi connectivity index (χ2n) is 5.38. The van der Waals surface area contributed by atoms with Crippen molar-refractivity contribution in [3.63, 3.8) is 0 Å². The Kier molecular flexibility index (Phi) is 5.56. The van der Waals surface area contributed by atoms with Gasteiger partial charge < -0.3 is 20.3 Å². The van der Waals surface area contributed by atoms with E-state index < -0.39 is 11.9 Å². The van der Waals surface area contributed by atoms with Crippen LogP contribution in [-0.4, -0.2) is 59.8 Å². The number of ether oxygens (including phenoxy) is 1. The molecule has 0 aromatic heterocycles. The number of nitrogens with two attached hydrogens (primary N) is 1. The summed E-state index contributed by atoms with van der Waals surface area (Å²) in [5.74, 6) is -0.245. The van der Waals surface area contributed by atoms with Gasteiger partial charge in [-0.05, 0) is 12.1 Å². The Morgan fingerprint density at radius 1 is 1.22 bits per heavy atom. The molecule has 1 atom stereocenters. The highest BCUT2D eigenvalue weighted by Crippen LogP contribution is 2.13. The molecule has 0 unspecified atom stereocenters. The average Bonchev–Trinajstić information content (AvgIpc) is 2.55. The SMILES string of the molecule is CC(=O)N1CCN(C(=O)CCOc2ccccc2)[C@H](C(N)=O)C1. The van der Waals surface area contributed by atoms with Crippen LogP contribution in [0.1, 0.15) is 13.3 Å². The van der Waals surface area contributed by atoms with Crippen LogP contribution in [0.25, 0.3) is 0 Å². The van der Waals surface area contributed by atoms with Gasteiger partial charge in [0.05, 0.1) is 19.6 Å². The van der Waals surface area contributed by atoms with E-state index in [0.29, 0.717) is 18.8 Å². The molecule has 1 aliphatic heterocycles. The fraction of sp³-hybridized carbons (Fsp3) is 0.438. The van der Waals surface area contributed by atoms with Crippen LogP contribution >= 0.6 is 0 Å². The second-order valence-corrected chi connectivity index (χ2v) is 5.38. The van der Waals surface area contributed by atoms with Gasteiger partial charge >= 0.3 is 0 Å². The molecule has 3 amide bonds. The lowest BCUT2D eigenvalue weighted by Gasteiger charge is -2.39. The molecule has 0 aliphatic carbocycles.